The number of rotatable bonds is 6. The van der Waals surface area contributed by atoms with Gasteiger partial charge in [0.05, 0.1) is 6.04 Å². The molecule has 0 saturated heterocycles. The highest BCUT2D eigenvalue weighted by Crippen LogP contribution is 2.17. The van der Waals surface area contributed by atoms with Crippen molar-refractivity contribution in [3.05, 3.63) is 11.5 Å². The number of ketones is 1. The van der Waals surface area contributed by atoms with Gasteiger partial charge in [-0.15, -0.1) is 5.47 Å². The molecule has 1 rings (SSSR count). The summed E-state index contributed by atoms with van der Waals surface area (Å²) in [5.41, 5.74) is 0.781. The van der Waals surface area contributed by atoms with Gasteiger partial charge in [-0.3, -0.25) is 4.79 Å². The normalized spacial score (nSPS) is 21.2. The Hall–Kier alpha value is -1.10. The van der Waals surface area contributed by atoms with Crippen LogP contribution in [0.3, 0.4) is 0 Å². The van der Waals surface area contributed by atoms with Crippen LogP contribution in [0.2, 0.25) is 0 Å². The molecule has 86 valence electrons. The average molecular weight is 221 g/mol. The van der Waals surface area contributed by atoms with Crippen molar-refractivity contribution in [1.29, 1.82) is 0 Å². The number of hydrogen-bond acceptors (Lipinski definition) is 3. The van der Waals surface area contributed by atoms with Gasteiger partial charge in [0, 0.05) is 6.04 Å². The molecule has 0 aromatic rings. The number of Topliss-reactive ketones (excluding diaryl/α,β-unsaturated/α-hetero) is 1. The molecule has 16 heavy (non-hydrogen) atoms. The second kappa shape index (κ2) is 5.30. The first-order valence-corrected chi connectivity index (χ1v) is 5.39. The number of carboxylic acids is 1. The third-order valence-corrected chi connectivity index (χ3v) is 2.52. The molecule has 0 spiro atoms. The maximum absolute atomic E-state index is 11.4. The Morgan fingerprint density at radius 3 is 2.56 bits per heavy atom. The summed E-state index contributed by atoms with van der Waals surface area (Å²) in [5.74, 6) is -1.89. The third-order valence-electron chi connectivity index (χ3n) is 2.52. The molecule has 0 amide bonds. The van der Waals surface area contributed by atoms with E-state index in [0.717, 1.165) is 5.47 Å². The van der Waals surface area contributed by atoms with Crippen LogP contribution in [0.5, 0.6) is 0 Å². The number of carboxylic acid groups (broad SMARTS) is 1. The molecule has 1 unspecified atom stereocenters. The fraction of sp³-hybridized carbons (Fsp3) is 0.636. The fourth-order valence-corrected chi connectivity index (χ4v) is 1.72. The van der Waals surface area contributed by atoms with Crippen LogP contribution in [-0.4, -0.2) is 36.8 Å². The second-order valence-electron chi connectivity index (χ2n) is 4.57. The molecule has 1 aliphatic rings. The SMILES string of the molecule is [B]C1=CC(N[C@@H](CC(C)C)C(=O)C(=O)O)C1. The molecule has 5 heteroatoms. The summed E-state index contributed by atoms with van der Waals surface area (Å²) in [7, 11) is 5.50. The van der Waals surface area contributed by atoms with E-state index in [0.29, 0.717) is 12.8 Å². The molecule has 2 N–H and O–H groups in total. The summed E-state index contributed by atoms with van der Waals surface area (Å²) in [6, 6.07) is -0.584. The quantitative estimate of drug-likeness (QED) is 0.505. The smallest absolute Gasteiger partial charge is 0.373 e. The van der Waals surface area contributed by atoms with Crippen molar-refractivity contribution in [2.24, 2.45) is 5.92 Å². The van der Waals surface area contributed by atoms with E-state index in [1.165, 1.54) is 0 Å². The van der Waals surface area contributed by atoms with Gasteiger partial charge in [0.15, 0.2) is 0 Å². The van der Waals surface area contributed by atoms with Gasteiger partial charge in [0.2, 0.25) is 0 Å². The van der Waals surface area contributed by atoms with Crippen LogP contribution >= 0.6 is 0 Å². The van der Waals surface area contributed by atoms with Crippen molar-refractivity contribution in [1.82, 2.24) is 5.32 Å². The van der Waals surface area contributed by atoms with E-state index < -0.39 is 17.8 Å². The summed E-state index contributed by atoms with van der Waals surface area (Å²) >= 11 is 0. The number of carbonyl (C=O) groups is 2. The van der Waals surface area contributed by atoms with E-state index in [4.69, 9.17) is 13.0 Å². The van der Waals surface area contributed by atoms with Crippen LogP contribution in [-0.2, 0) is 9.59 Å². The highest BCUT2D eigenvalue weighted by molar-refractivity contribution is 6.34. The summed E-state index contributed by atoms with van der Waals surface area (Å²) in [5, 5.41) is 11.7. The average Bonchev–Trinajstić information content (AvgIpc) is 2.12. The van der Waals surface area contributed by atoms with E-state index in [1.807, 2.05) is 19.9 Å². The summed E-state index contributed by atoms with van der Waals surface area (Å²) in [4.78, 5) is 22.1. The number of nitrogens with one attached hydrogen (secondary N) is 1. The number of aliphatic carboxylic acids is 1. The summed E-state index contributed by atoms with van der Waals surface area (Å²) < 4.78 is 0. The van der Waals surface area contributed by atoms with Crippen LogP contribution in [0.15, 0.2) is 11.5 Å². The lowest BCUT2D eigenvalue weighted by Crippen LogP contribution is -2.48. The van der Waals surface area contributed by atoms with Gasteiger partial charge in [-0.2, -0.15) is 0 Å². The molecular weight excluding hydrogens is 205 g/mol. The van der Waals surface area contributed by atoms with Crippen molar-refractivity contribution in [2.75, 3.05) is 0 Å². The molecule has 4 nitrogen and oxygen atoms in total. The van der Waals surface area contributed by atoms with E-state index >= 15 is 0 Å². The monoisotopic (exact) mass is 221 g/mol. The van der Waals surface area contributed by atoms with E-state index in [-0.39, 0.29) is 12.0 Å². The van der Waals surface area contributed by atoms with Crippen LogP contribution in [0.1, 0.15) is 26.7 Å². The molecule has 0 aromatic heterocycles. The lowest BCUT2D eigenvalue weighted by molar-refractivity contribution is -0.150. The second-order valence-corrected chi connectivity index (χ2v) is 4.57. The Morgan fingerprint density at radius 2 is 2.19 bits per heavy atom. The summed E-state index contributed by atoms with van der Waals surface area (Å²) in [6.07, 6.45) is 3.01. The molecule has 0 fully saturated rings. The minimum Gasteiger partial charge on any atom is -0.475 e. The molecule has 0 bridgehead atoms. The van der Waals surface area contributed by atoms with Gasteiger partial charge in [-0.1, -0.05) is 19.9 Å². The maximum atomic E-state index is 11.4. The van der Waals surface area contributed by atoms with E-state index in [9.17, 15) is 9.59 Å². The Kier molecular flexibility index (Phi) is 4.30. The van der Waals surface area contributed by atoms with Gasteiger partial charge in [0.1, 0.15) is 7.85 Å². The zero-order valence-electron chi connectivity index (χ0n) is 9.56. The molecule has 2 atom stereocenters. The number of carbonyl (C=O) groups excluding carboxylic acids is 1. The van der Waals surface area contributed by atoms with Crippen LogP contribution in [0, 0.1) is 5.92 Å². The third kappa shape index (κ3) is 3.49. The molecule has 0 heterocycles. The Morgan fingerprint density at radius 1 is 1.62 bits per heavy atom. The zero-order chi connectivity index (χ0) is 12.3. The van der Waals surface area contributed by atoms with Crippen molar-refractivity contribution < 1.29 is 14.7 Å². The van der Waals surface area contributed by atoms with Gasteiger partial charge in [-0.05, 0) is 18.8 Å². The van der Waals surface area contributed by atoms with Crippen LogP contribution in [0.25, 0.3) is 0 Å². The highest BCUT2D eigenvalue weighted by Gasteiger charge is 2.28. The van der Waals surface area contributed by atoms with Gasteiger partial charge >= 0.3 is 5.97 Å². The van der Waals surface area contributed by atoms with Crippen molar-refractivity contribution in [3.8, 4) is 0 Å². The number of hydrogen-bond donors (Lipinski definition) is 2. The maximum Gasteiger partial charge on any atom is 0.373 e. The molecule has 2 radical (unpaired) electrons. The Bertz CT molecular complexity index is 325. The topological polar surface area (TPSA) is 66.4 Å². The lowest BCUT2D eigenvalue weighted by atomic mass is 9.79. The van der Waals surface area contributed by atoms with Crippen molar-refractivity contribution >= 4 is 19.6 Å². The molecule has 0 aromatic carbocycles. The predicted octanol–water partition coefficient (Wildman–Crippen LogP) is 0.469. The Labute approximate surface area is 96.5 Å². The first-order chi connectivity index (χ1) is 7.40. The first kappa shape index (κ1) is 13.0. The lowest BCUT2D eigenvalue weighted by Gasteiger charge is -2.29. The fourth-order valence-electron chi connectivity index (χ4n) is 1.72. The molecule has 0 saturated carbocycles. The van der Waals surface area contributed by atoms with E-state index in [1.54, 1.807) is 0 Å². The predicted molar refractivity (Wildman–Crippen MR) is 61.3 cm³/mol. The largest absolute Gasteiger partial charge is 0.475 e. The summed E-state index contributed by atoms with van der Waals surface area (Å²) in [6.45, 7) is 3.91. The minimum atomic E-state index is -1.38. The van der Waals surface area contributed by atoms with Gasteiger partial charge < -0.3 is 10.4 Å². The first-order valence-electron chi connectivity index (χ1n) is 5.39. The van der Waals surface area contributed by atoms with Crippen LogP contribution in [0.4, 0.5) is 0 Å². The van der Waals surface area contributed by atoms with Crippen molar-refractivity contribution in [3.63, 3.8) is 0 Å². The molecular formula is C11H16BNO3. The van der Waals surface area contributed by atoms with Gasteiger partial charge in [-0.25, -0.2) is 4.79 Å². The van der Waals surface area contributed by atoms with Crippen molar-refractivity contribution in [2.45, 2.75) is 38.8 Å². The minimum absolute atomic E-state index is 0.0343. The van der Waals surface area contributed by atoms with Crippen LogP contribution < -0.4 is 5.32 Å². The molecule has 0 aliphatic heterocycles. The standard InChI is InChI=1S/C11H16BNO3/c1-6(2)3-9(10(14)11(15)16)13-8-4-7(12)5-8/h4,6,8-9,13H,3,5H2,1-2H3,(H,15,16)/t8?,9-/m0/s1. The van der Waals surface area contributed by atoms with Gasteiger partial charge in [0.25, 0.3) is 5.78 Å². The zero-order valence-corrected chi connectivity index (χ0v) is 9.56. The molecule has 1 aliphatic carbocycles. The van der Waals surface area contributed by atoms with E-state index in [2.05, 4.69) is 5.32 Å². The highest BCUT2D eigenvalue weighted by atomic mass is 16.4. The Balaban J connectivity index is 2.57.